The van der Waals surface area contributed by atoms with Gasteiger partial charge < -0.3 is 20.8 Å². The Labute approximate surface area is 191 Å². The Morgan fingerprint density at radius 2 is 1.94 bits per heavy atom. The van der Waals surface area contributed by atoms with Gasteiger partial charge in [0, 0.05) is 29.5 Å². The Balaban J connectivity index is 1.34. The first kappa shape index (κ1) is 23.1. The first-order chi connectivity index (χ1) is 15.2. The molecule has 2 aliphatic carbocycles. The number of hydrogen-bond donors (Lipinski definition) is 5. The van der Waals surface area contributed by atoms with Gasteiger partial charge in [0.1, 0.15) is 18.0 Å². The van der Waals surface area contributed by atoms with Crippen LogP contribution in [-0.4, -0.2) is 54.0 Å². The van der Waals surface area contributed by atoms with Crippen LogP contribution in [0.25, 0.3) is 0 Å². The lowest BCUT2D eigenvalue weighted by Crippen LogP contribution is -2.32. The van der Waals surface area contributed by atoms with Crippen LogP contribution < -0.4 is 15.8 Å². The molecule has 1 aromatic carbocycles. The van der Waals surface area contributed by atoms with E-state index in [0.29, 0.717) is 24.6 Å². The van der Waals surface area contributed by atoms with Crippen LogP contribution in [0.3, 0.4) is 0 Å². The number of aliphatic hydroxyl groups is 2. The zero-order valence-corrected chi connectivity index (χ0v) is 18.8. The van der Waals surface area contributed by atoms with E-state index in [2.05, 4.69) is 30.9 Å². The first-order valence-corrected chi connectivity index (χ1v) is 12.2. The van der Waals surface area contributed by atoms with Gasteiger partial charge in [0.15, 0.2) is 0 Å². The van der Waals surface area contributed by atoms with Crippen molar-refractivity contribution >= 4 is 33.5 Å². The Morgan fingerprint density at radius 3 is 2.72 bits per heavy atom. The smallest absolute Gasteiger partial charge is 0.333 e. The first-order valence-electron chi connectivity index (χ1n) is 10.3. The average Bonchev–Trinajstić information content (AvgIpc) is 3.27. The van der Waals surface area contributed by atoms with E-state index in [-0.39, 0.29) is 18.6 Å². The van der Waals surface area contributed by atoms with Gasteiger partial charge in [-0.15, -0.1) is 0 Å². The SMILES string of the molecule is NS(=O)(=O)OC[C@H]1C[C@@H](CNc2cc(N[C@H]3CCc4c(Cl)cccc43)ncn2)[C@H](O)[C@@H]1O. The zero-order chi connectivity index (χ0) is 22.9. The fourth-order valence-electron chi connectivity index (χ4n) is 4.49. The lowest BCUT2D eigenvalue weighted by atomic mass is 10.0. The summed E-state index contributed by atoms with van der Waals surface area (Å²) in [5, 5.41) is 32.7. The molecule has 0 amide bonds. The molecular formula is C20H26ClN5O5S. The van der Waals surface area contributed by atoms with Crippen molar-refractivity contribution < 1.29 is 22.8 Å². The molecule has 0 bridgehead atoms. The number of nitrogens with two attached hydrogens (primary N) is 1. The van der Waals surface area contributed by atoms with Gasteiger partial charge in [-0.1, -0.05) is 23.7 Å². The van der Waals surface area contributed by atoms with Gasteiger partial charge in [0.05, 0.1) is 24.9 Å². The normalized spacial score (nSPS) is 27.3. The number of halogens is 1. The second-order valence-corrected chi connectivity index (χ2v) is 9.86. The summed E-state index contributed by atoms with van der Waals surface area (Å²) in [5.74, 6) is 0.380. The molecule has 0 aliphatic heterocycles. The Hall–Kier alpha value is -2.02. The Morgan fingerprint density at radius 1 is 1.19 bits per heavy atom. The molecule has 1 saturated carbocycles. The molecule has 5 atom stereocenters. The van der Waals surface area contributed by atoms with Crippen LogP contribution in [0.2, 0.25) is 5.02 Å². The van der Waals surface area contributed by atoms with Crippen LogP contribution in [0.5, 0.6) is 0 Å². The maximum absolute atomic E-state index is 11.0. The molecule has 2 aromatic rings. The summed E-state index contributed by atoms with van der Waals surface area (Å²) in [6.07, 6.45) is 1.53. The summed E-state index contributed by atoms with van der Waals surface area (Å²) < 4.78 is 26.5. The zero-order valence-electron chi connectivity index (χ0n) is 17.2. The Kier molecular flexibility index (Phi) is 6.84. The summed E-state index contributed by atoms with van der Waals surface area (Å²) in [6.45, 7) is 0.0600. The number of aliphatic hydroxyl groups excluding tert-OH is 2. The molecule has 1 heterocycles. The van der Waals surface area contributed by atoms with E-state index in [4.69, 9.17) is 16.7 Å². The quantitative estimate of drug-likeness (QED) is 0.372. The highest BCUT2D eigenvalue weighted by molar-refractivity contribution is 7.84. The van der Waals surface area contributed by atoms with Crippen molar-refractivity contribution in [3.8, 4) is 0 Å². The van der Waals surface area contributed by atoms with Crippen molar-refractivity contribution in [2.24, 2.45) is 17.0 Å². The van der Waals surface area contributed by atoms with Crippen molar-refractivity contribution in [1.29, 1.82) is 0 Å². The van der Waals surface area contributed by atoms with Gasteiger partial charge in [0.25, 0.3) is 0 Å². The van der Waals surface area contributed by atoms with Crippen LogP contribution >= 0.6 is 11.6 Å². The van der Waals surface area contributed by atoms with Crippen molar-refractivity contribution in [2.75, 3.05) is 23.8 Å². The average molecular weight is 484 g/mol. The van der Waals surface area contributed by atoms with Crippen LogP contribution in [-0.2, 0) is 20.9 Å². The van der Waals surface area contributed by atoms with E-state index in [1.54, 1.807) is 6.07 Å². The highest BCUT2D eigenvalue weighted by atomic mass is 35.5. The molecule has 2 aliphatic rings. The maximum Gasteiger partial charge on any atom is 0.333 e. The second-order valence-electron chi connectivity index (χ2n) is 8.23. The number of aromatic nitrogens is 2. The molecule has 0 radical (unpaired) electrons. The lowest BCUT2D eigenvalue weighted by molar-refractivity contribution is -0.00162. The standard InChI is InChI=1S/C20H26ClN5O5S/c21-15-3-1-2-14-13(15)4-5-16(14)26-18-7-17(24-10-25-18)23-8-11-6-12(20(28)19(11)27)9-31-32(22,29)30/h1-3,7,10-12,16,19-20,27-28H,4-6,8-9H2,(H2,22,29,30)(H2,23,24,25,26)/t11-,12+,16-,19-,20+/m0/s1. The summed E-state index contributed by atoms with van der Waals surface area (Å²) >= 11 is 6.30. The second kappa shape index (κ2) is 9.46. The summed E-state index contributed by atoms with van der Waals surface area (Å²) in [6, 6.07) is 7.79. The maximum atomic E-state index is 11.0. The number of rotatable bonds is 8. The monoisotopic (exact) mass is 483 g/mol. The lowest BCUT2D eigenvalue weighted by Gasteiger charge is -2.18. The predicted octanol–water partition coefficient (Wildman–Crippen LogP) is 1.22. The molecule has 6 N–H and O–H groups in total. The largest absolute Gasteiger partial charge is 0.390 e. The van der Waals surface area contributed by atoms with E-state index >= 15 is 0 Å². The van der Waals surface area contributed by atoms with E-state index in [1.165, 1.54) is 11.9 Å². The van der Waals surface area contributed by atoms with E-state index < -0.39 is 28.4 Å². The number of anilines is 2. The third kappa shape index (κ3) is 5.30. The highest BCUT2D eigenvalue weighted by Crippen LogP contribution is 2.37. The van der Waals surface area contributed by atoms with E-state index in [9.17, 15) is 18.6 Å². The number of nitrogens with zero attached hydrogens (tertiary/aromatic N) is 2. The van der Waals surface area contributed by atoms with Crippen molar-refractivity contribution in [3.05, 3.63) is 46.7 Å². The fourth-order valence-corrected chi connectivity index (χ4v) is 5.13. The summed E-state index contributed by atoms with van der Waals surface area (Å²) in [5.41, 5.74) is 2.33. The molecule has 10 nitrogen and oxygen atoms in total. The van der Waals surface area contributed by atoms with Crippen LogP contribution in [0.4, 0.5) is 11.6 Å². The molecule has 32 heavy (non-hydrogen) atoms. The highest BCUT2D eigenvalue weighted by Gasteiger charge is 2.41. The minimum absolute atomic E-state index is 0.109. The predicted molar refractivity (Wildman–Crippen MR) is 119 cm³/mol. The number of nitrogens with one attached hydrogen (secondary N) is 2. The molecule has 0 unspecified atom stereocenters. The molecule has 174 valence electrons. The molecule has 12 heteroatoms. The van der Waals surface area contributed by atoms with Crippen LogP contribution in [0.1, 0.15) is 30.0 Å². The number of benzene rings is 1. The topological polar surface area (TPSA) is 160 Å². The third-order valence-electron chi connectivity index (χ3n) is 6.12. The van der Waals surface area contributed by atoms with Gasteiger partial charge in [-0.3, -0.25) is 4.18 Å². The van der Waals surface area contributed by atoms with Crippen molar-refractivity contribution in [2.45, 2.75) is 37.5 Å². The number of hydrogen-bond acceptors (Lipinski definition) is 9. The van der Waals surface area contributed by atoms with Gasteiger partial charge in [-0.25, -0.2) is 15.1 Å². The molecule has 1 aromatic heterocycles. The van der Waals surface area contributed by atoms with E-state index in [0.717, 1.165) is 23.4 Å². The Bertz CT molecular complexity index is 1070. The van der Waals surface area contributed by atoms with Gasteiger partial charge >= 0.3 is 10.3 Å². The van der Waals surface area contributed by atoms with E-state index in [1.807, 2.05) is 12.1 Å². The molecular weight excluding hydrogens is 458 g/mol. The van der Waals surface area contributed by atoms with Crippen LogP contribution in [0.15, 0.2) is 30.6 Å². The third-order valence-corrected chi connectivity index (χ3v) is 6.93. The van der Waals surface area contributed by atoms with Gasteiger partial charge in [-0.05, 0) is 36.5 Å². The summed E-state index contributed by atoms with van der Waals surface area (Å²) in [7, 11) is -4.10. The molecule has 0 saturated heterocycles. The van der Waals surface area contributed by atoms with Gasteiger partial charge in [0.2, 0.25) is 0 Å². The van der Waals surface area contributed by atoms with Crippen LogP contribution in [0, 0.1) is 11.8 Å². The van der Waals surface area contributed by atoms with Gasteiger partial charge in [-0.2, -0.15) is 8.42 Å². The fraction of sp³-hybridized carbons (Fsp3) is 0.500. The molecule has 4 rings (SSSR count). The minimum atomic E-state index is -4.10. The minimum Gasteiger partial charge on any atom is -0.390 e. The number of fused-ring (bicyclic) bond motifs is 1. The summed E-state index contributed by atoms with van der Waals surface area (Å²) in [4.78, 5) is 8.51. The molecule has 1 fully saturated rings. The van der Waals surface area contributed by atoms with Crippen molar-refractivity contribution in [3.63, 3.8) is 0 Å². The van der Waals surface area contributed by atoms with Crippen molar-refractivity contribution in [1.82, 2.24) is 9.97 Å². The molecule has 0 spiro atoms.